The Morgan fingerprint density at radius 3 is 2.94 bits per heavy atom. The van der Waals surface area contributed by atoms with Crippen molar-refractivity contribution in [1.29, 1.82) is 0 Å². The van der Waals surface area contributed by atoms with E-state index in [-0.39, 0.29) is 5.56 Å². The first-order chi connectivity index (χ1) is 8.27. The van der Waals surface area contributed by atoms with Crippen molar-refractivity contribution in [2.75, 3.05) is 0 Å². The Labute approximate surface area is 100 Å². The monoisotopic (exact) mass is 250 g/mol. The van der Waals surface area contributed by atoms with E-state index in [0.29, 0.717) is 11.3 Å². The molecule has 0 amide bonds. The lowest BCUT2D eigenvalue weighted by molar-refractivity contribution is 0.152. The molecule has 2 nitrogen and oxygen atoms in total. The topological polar surface area (TPSA) is 17.3 Å². The summed E-state index contributed by atoms with van der Waals surface area (Å²) in [5, 5.41) is 3.22. The molecule has 0 N–H and O–H groups in total. The van der Waals surface area contributed by atoms with Crippen LogP contribution in [0, 0.1) is 0 Å². The first-order valence-corrected chi connectivity index (χ1v) is 5.98. The number of nitrogens with zero attached hydrogens (tertiary/aromatic N) is 2. The normalized spacial score (nSPS) is 11.5. The number of pyridine rings is 1. The van der Waals surface area contributed by atoms with E-state index in [1.54, 1.807) is 11.6 Å². The standard InChI is InChI=1S/C12H8F2N2S/c13-12(14)9-7-17-6-8(9)10-5-15-11-3-1-2-4-16(10)11/h1-7,12H. The van der Waals surface area contributed by atoms with Gasteiger partial charge in [-0.1, -0.05) is 6.07 Å². The lowest BCUT2D eigenvalue weighted by atomic mass is 10.1. The molecule has 3 rings (SSSR count). The average molecular weight is 250 g/mol. The van der Waals surface area contributed by atoms with Crippen LogP contribution in [0.5, 0.6) is 0 Å². The van der Waals surface area contributed by atoms with Crippen molar-refractivity contribution in [3.05, 3.63) is 46.9 Å². The zero-order chi connectivity index (χ0) is 11.8. The van der Waals surface area contributed by atoms with Crippen LogP contribution in [-0.2, 0) is 0 Å². The molecule has 0 aliphatic rings. The van der Waals surface area contributed by atoms with Crippen molar-refractivity contribution in [2.24, 2.45) is 0 Å². The molecule has 3 aromatic rings. The highest BCUT2D eigenvalue weighted by atomic mass is 32.1. The molecule has 0 saturated carbocycles. The van der Waals surface area contributed by atoms with Gasteiger partial charge in [-0.2, -0.15) is 11.3 Å². The molecule has 0 unspecified atom stereocenters. The fourth-order valence-corrected chi connectivity index (χ4v) is 2.65. The predicted molar refractivity (Wildman–Crippen MR) is 63.5 cm³/mol. The van der Waals surface area contributed by atoms with E-state index in [0.717, 1.165) is 5.65 Å². The van der Waals surface area contributed by atoms with E-state index in [2.05, 4.69) is 4.98 Å². The van der Waals surface area contributed by atoms with Crippen LogP contribution in [0.2, 0.25) is 0 Å². The lowest BCUT2D eigenvalue weighted by Crippen LogP contribution is -1.89. The molecular weight excluding hydrogens is 242 g/mol. The van der Waals surface area contributed by atoms with Gasteiger partial charge in [0.2, 0.25) is 0 Å². The van der Waals surface area contributed by atoms with Gasteiger partial charge in [-0.05, 0) is 12.1 Å². The predicted octanol–water partition coefficient (Wildman–Crippen LogP) is 4.00. The largest absolute Gasteiger partial charge is 0.300 e. The van der Waals surface area contributed by atoms with Crippen molar-refractivity contribution >= 4 is 17.0 Å². The average Bonchev–Trinajstić information content (AvgIpc) is 2.94. The second kappa shape index (κ2) is 3.92. The number of thiophene rings is 1. The number of imidazole rings is 1. The highest BCUT2D eigenvalue weighted by molar-refractivity contribution is 7.08. The molecule has 3 heterocycles. The Balaban J connectivity index is 2.24. The van der Waals surface area contributed by atoms with Gasteiger partial charge in [-0.15, -0.1) is 0 Å². The summed E-state index contributed by atoms with van der Waals surface area (Å²) in [7, 11) is 0. The summed E-state index contributed by atoms with van der Waals surface area (Å²) in [6.45, 7) is 0. The SMILES string of the molecule is FC(F)c1cscc1-c1cnc2ccccn12. The van der Waals surface area contributed by atoms with Crippen molar-refractivity contribution in [1.82, 2.24) is 9.38 Å². The van der Waals surface area contributed by atoms with Gasteiger partial charge in [0.05, 0.1) is 11.9 Å². The van der Waals surface area contributed by atoms with Crippen LogP contribution in [-0.4, -0.2) is 9.38 Å². The van der Waals surface area contributed by atoms with Gasteiger partial charge in [0.15, 0.2) is 0 Å². The molecule has 86 valence electrons. The molecule has 0 aliphatic heterocycles. The van der Waals surface area contributed by atoms with Crippen molar-refractivity contribution in [2.45, 2.75) is 6.43 Å². The quantitative estimate of drug-likeness (QED) is 0.672. The third-order valence-electron chi connectivity index (χ3n) is 2.62. The van der Waals surface area contributed by atoms with E-state index in [9.17, 15) is 8.78 Å². The van der Waals surface area contributed by atoms with E-state index >= 15 is 0 Å². The molecule has 0 atom stereocenters. The fraction of sp³-hybridized carbons (Fsp3) is 0.0833. The van der Waals surface area contributed by atoms with Crippen LogP contribution in [0.25, 0.3) is 16.9 Å². The summed E-state index contributed by atoms with van der Waals surface area (Å²) in [5.41, 5.74) is 2.09. The van der Waals surface area contributed by atoms with Crippen molar-refractivity contribution in [3.63, 3.8) is 0 Å². The fourth-order valence-electron chi connectivity index (χ4n) is 1.82. The third-order valence-corrected chi connectivity index (χ3v) is 3.38. The van der Waals surface area contributed by atoms with Gasteiger partial charge < -0.3 is 0 Å². The Kier molecular flexibility index (Phi) is 2.40. The zero-order valence-corrected chi connectivity index (χ0v) is 9.49. The lowest BCUT2D eigenvalue weighted by Gasteiger charge is -2.03. The molecule has 0 spiro atoms. The number of hydrogen-bond acceptors (Lipinski definition) is 2. The maximum atomic E-state index is 12.8. The van der Waals surface area contributed by atoms with Crippen LogP contribution >= 0.6 is 11.3 Å². The maximum Gasteiger partial charge on any atom is 0.265 e. The van der Waals surface area contributed by atoms with Crippen molar-refractivity contribution in [3.8, 4) is 11.3 Å². The minimum atomic E-state index is -2.45. The van der Waals surface area contributed by atoms with Crippen LogP contribution in [0.1, 0.15) is 12.0 Å². The zero-order valence-electron chi connectivity index (χ0n) is 8.68. The summed E-state index contributed by atoms with van der Waals surface area (Å²) in [4.78, 5) is 4.20. The molecule has 0 radical (unpaired) electrons. The van der Waals surface area contributed by atoms with Crippen LogP contribution in [0.15, 0.2) is 41.4 Å². The van der Waals surface area contributed by atoms with Gasteiger partial charge in [-0.25, -0.2) is 13.8 Å². The van der Waals surface area contributed by atoms with E-state index in [1.807, 2.05) is 28.8 Å². The Hall–Kier alpha value is -1.75. The van der Waals surface area contributed by atoms with Gasteiger partial charge in [-0.3, -0.25) is 4.40 Å². The van der Waals surface area contributed by atoms with E-state index in [4.69, 9.17) is 0 Å². The van der Waals surface area contributed by atoms with Gasteiger partial charge in [0.25, 0.3) is 6.43 Å². The smallest absolute Gasteiger partial charge is 0.265 e. The summed E-state index contributed by atoms with van der Waals surface area (Å²) >= 11 is 1.28. The number of halogens is 2. The Bertz CT molecular complexity index is 657. The number of aromatic nitrogens is 2. The summed E-state index contributed by atoms with van der Waals surface area (Å²) in [5.74, 6) is 0. The molecule has 0 aromatic carbocycles. The van der Waals surface area contributed by atoms with E-state index in [1.165, 1.54) is 16.7 Å². The van der Waals surface area contributed by atoms with Gasteiger partial charge in [0, 0.05) is 28.1 Å². The molecule has 0 fully saturated rings. The Morgan fingerprint density at radius 2 is 2.12 bits per heavy atom. The number of rotatable bonds is 2. The van der Waals surface area contributed by atoms with E-state index < -0.39 is 6.43 Å². The highest BCUT2D eigenvalue weighted by Gasteiger charge is 2.17. The first-order valence-electron chi connectivity index (χ1n) is 5.04. The molecule has 0 aliphatic carbocycles. The van der Waals surface area contributed by atoms with Crippen LogP contribution in [0.4, 0.5) is 8.78 Å². The molecule has 3 aromatic heterocycles. The molecule has 0 saturated heterocycles. The number of fused-ring (bicyclic) bond motifs is 1. The summed E-state index contributed by atoms with van der Waals surface area (Å²) in [6, 6.07) is 5.57. The highest BCUT2D eigenvalue weighted by Crippen LogP contribution is 2.34. The van der Waals surface area contributed by atoms with Crippen molar-refractivity contribution < 1.29 is 8.78 Å². The minimum absolute atomic E-state index is 0.0700. The molecular formula is C12H8F2N2S. The molecule has 0 bridgehead atoms. The summed E-state index contributed by atoms with van der Waals surface area (Å²) < 4.78 is 27.5. The van der Waals surface area contributed by atoms with Gasteiger partial charge in [0.1, 0.15) is 5.65 Å². The van der Waals surface area contributed by atoms with Crippen LogP contribution < -0.4 is 0 Å². The Morgan fingerprint density at radius 1 is 1.24 bits per heavy atom. The third kappa shape index (κ3) is 1.63. The summed E-state index contributed by atoms with van der Waals surface area (Å²) in [6.07, 6.45) is 0.999. The molecule has 17 heavy (non-hydrogen) atoms. The maximum absolute atomic E-state index is 12.8. The molecule has 5 heteroatoms. The first kappa shape index (κ1) is 10.4. The number of alkyl halides is 2. The van der Waals surface area contributed by atoms with Gasteiger partial charge >= 0.3 is 0 Å². The number of hydrogen-bond donors (Lipinski definition) is 0. The second-order valence-electron chi connectivity index (χ2n) is 3.61. The minimum Gasteiger partial charge on any atom is -0.300 e. The van der Waals surface area contributed by atoms with Crippen LogP contribution in [0.3, 0.4) is 0 Å². The second-order valence-corrected chi connectivity index (χ2v) is 4.36.